The number of nitrogens with zero attached hydrogens (tertiary/aromatic N) is 1. The molecule has 32 heavy (non-hydrogen) atoms. The fourth-order valence-corrected chi connectivity index (χ4v) is 5.51. The summed E-state index contributed by atoms with van der Waals surface area (Å²) in [5.41, 5.74) is 2.92. The molecule has 1 aliphatic heterocycles. The zero-order valence-corrected chi connectivity index (χ0v) is 19.9. The molecule has 1 heterocycles. The van der Waals surface area contributed by atoms with Gasteiger partial charge in [0.05, 0.1) is 21.3 Å². The van der Waals surface area contributed by atoms with E-state index in [1.165, 1.54) is 31.3 Å². The first-order valence-corrected chi connectivity index (χ1v) is 12.1. The number of nitrogens with one attached hydrogen (secondary N) is 1. The second-order valence-electron chi connectivity index (χ2n) is 9.58. The molecular weight excluding hydrogens is 404 g/mol. The average Bonchev–Trinajstić information content (AvgIpc) is 3.54. The van der Waals surface area contributed by atoms with Crippen LogP contribution in [0, 0.1) is 11.3 Å². The quantitative estimate of drug-likeness (QED) is 0.577. The first-order chi connectivity index (χ1) is 15.6. The maximum absolute atomic E-state index is 12.7. The van der Waals surface area contributed by atoms with Crippen molar-refractivity contribution in [3.63, 3.8) is 0 Å². The van der Waals surface area contributed by atoms with E-state index in [1.54, 1.807) is 21.3 Å². The van der Waals surface area contributed by atoms with Crippen LogP contribution < -0.4 is 19.5 Å². The molecule has 1 amide bonds. The number of piperidine rings is 1. The van der Waals surface area contributed by atoms with Crippen LogP contribution in [0.3, 0.4) is 0 Å². The smallest absolute Gasteiger partial charge is 0.223 e. The molecule has 0 bridgehead atoms. The summed E-state index contributed by atoms with van der Waals surface area (Å²) in [6.45, 7) is 3.68. The highest BCUT2D eigenvalue weighted by Gasteiger charge is 2.58. The number of benzene rings is 1. The summed E-state index contributed by atoms with van der Waals surface area (Å²) >= 11 is 0. The highest BCUT2D eigenvalue weighted by atomic mass is 16.5. The van der Waals surface area contributed by atoms with Crippen molar-refractivity contribution in [1.29, 1.82) is 0 Å². The van der Waals surface area contributed by atoms with E-state index < -0.39 is 0 Å². The minimum atomic E-state index is 0.214. The Kier molecular flexibility index (Phi) is 7.29. The van der Waals surface area contributed by atoms with Crippen LogP contribution in [0.25, 0.3) is 0 Å². The topological polar surface area (TPSA) is 60.0 Å². The van der Waals surface area contributed by atoms with Crippen molar-refractivity contribution in [2.24, 2.45) is 11.3 Å². The standard InChI is InChI=1S/C26H38N2O4/c1-30-22-15-20(16-23(31-2)24(22)32-3)18-28-13-10-26(11-14-28)17-21(26)25(29)27-12-9-19-7-5-4-6-8-19/h7,15-16,21H,4-6,8-14,17-18H2,1-3H3,(H,27,29)/t21-/m0/s1. The number of amides is 1. The summed E-state index contributed by atoms with van der Waals surface area (Å²) in [7, 11) is 4.92. The van der Waals surface area contributed by atoms with Crippen LogP contribution in [-0.2, 0) is 11.3 Å². The fourth-order valence-electron chi connectivity index (χ4n) is 5.51. The average molecular weight is 443 g/mol. The predicted molar refractivity (Wildman–Crippen MR) is 125 cm³/mol. The van der Waals surface area contributed by atoms with E-state index >= 15 is 0 Å². The molecule has 6 nitrogen and oxygen atoms in total. The molecule has 2 aliphatic carbocycles. The van der Waals surface area contributed by atoms with Crippen LogP contribution in [0.5, 0.6) is 17.2 Å². The summed E-state index contributed by atoms with van der Waals surface area (Å²) in [6, 6.07) is 4.06. The maximum Gasteiger partial charge on any atom is 0.223 e. The molecule has 1 saturated heterocycles. The van der Waals surface area contributed by atoms with Gasteiger partial charge in [0.15, 0.2) is 11.5 Å². The second-order valence-corrected chi connectivity index (χ2v) is 9.58. The van der Waals surface area contributed by atoms with Crippen molar-refractivity contribution >= 4 is 5.91 Å². The van der Waals surface area contributed by atoms with E-state index in [4.69, 9.17) is 14.2 Å². The number of carbonyl (C=O) groups excluding carboxylic acids is 1. The second kappa shape index (κ2) is 10.2. The molecular formula is C26H38N2O4. The Morgan fingerprint density at radius 1 is 1.09 bits per heavy atom. The van der Waals surface area contributed by atoms with E-state index in [9.17, 15) is 4.79 Å². The van der Waals surface area contributed by atoms with Gasteiger partial charge in [-0.2, -0.15) is 0 Å². The van der Waals surface area contributed by atoms with Crippen molar-refractivity contribution in [3.05, 3.63) is 29.3 Å². The number of carbonyl (C=O) groups is 1. The number of hydrogen-bond donors (Lipinski definition) is 1. The van der Waals surface area contributed by atoms with Crippen molar-refractivity contribution in [1.82, 2.24) is 10.2 Å². The van der Waals surface area contributed by atoms with Crippen molar-refractivity contribution in [3.8, 4) is 17.2 Å². The van der Waals surface area contributed by atoms with Crippen LogP contribution in [0.4, 0.5) is 0 Å². The first-order valence-electron chi connectivity index (χ1n) is 12.1. The Hall–Kier alpha value is -2.21. The number of methoxy groups -OCH3 is 3. The third kappa shape index (κ3) is 5.06. The van der Waals surface area contributed by atoms with Crippen LogP contribution in [0.15, 0.2) is 23.8 Å². The van der Waals surface area contributed by atoms with Gasteiger partial charge >= 0.3 is 0 Å². The van der Waals surface area contributed by atoms with E-state index in [1.807, 2.05) is 12.1 Å². The van der Waals surface area contributed by atoms with Crippen molar-refractivity contribution in [2.45, 2.75) is 57.9 Å². The molecule has 0 unspecified atom stereocenters. The van der Waals surface area contributed by atoms with Gasteiger partial charge in [0, 0.05) is 19.0 Å². The van der Waals surface area contributed by atoms with E-state index in [0.29, 0.717) is 17.2 Å². The lowest BCUT2D eigenvalue weighted by Crippen LogP contribution is -2.37. The number of allylic oxidation sites excluding steroid dienone is 1. The van der Waals surface area contributed by atoms with E-state index in [2.05, 4.69) is 16.3 Å². The van der Waals surface area contributed by atoms with Crippen LogP contribution in [0.2, 0.25) is 0 Å². The van der Waals surface area contributed by atoms with E-state index in [0.717, 1.165) is 57.4 Å². The number of rotatable bonds is 9. The zero-order valence-electron chi connectivity index (χ0n) is 19.9. The first kappa shape index (κ1) is 23.0. The Bertz CT molecular complexity index is 817. The zero-order chi connectivity index (χ0) is 22.6. The van der Waals surface area contributed by atoms with Gasteiger partial charge in [0.2, 0.25) is 11.7 Å². The summed E-state index contributed by atoms with van der Waals surface area (Å²) in [5.74, 6) is 2.50. The van der Waals surface area contributed by atoms with Gasteiger partial charge in [-0.25, -0.2) is 0 Å². The molecule has 1 atom stereocenters. The molecule has 3 aliphatic rings. The minimum Gasteiger partial charge on any atom is -0.493 e. The summed E-state index contributed by atoms with van der Waals surface area (Å²) < 4.78 is 16.4. The summed E-state index contributed by atoms with van der Waals surface area (Å²) in [6.07, 6.45) is 11.7. The van der Waals surface area contributed by atoms with Gasteiger partial charge in [0.25, 0.3) is 0 Å². The molecule has 1 saturated carbocycles. The molecule has 0 aromatic heterocycles. The van der Waals surface area contributed by atoms with Crippen molar-refractivity contribution < 1.29 is 19.0 Å². The van der Waals surface area contributed by atoms with Crippen LogP contribution >= 0.6 is 0 Å². The van der Waals surface area contributed by atoms with Crippen LogP contribution in [-0.4, -0.2) is 51.8 Å². The lowest BCUT2D eigenvalue weighted by Gasteiger charge is -2.33. The van der Waals surface area contributed by atoms with E-state index in [-0.39, 0.29) is 17.2 Å². The molecule has 6 heteroatoms. The third-order valence-corrected chi connectivity index (χ3v) is 7.62. The van der Waals surface area contributed by atoms with Gasteiger partial charge < -0.3 is 19.5 Å². The predicted octanol–water partition coefficient (Wildman–Crippen LogP) is 4.32. The van der Waals surface area contributed by atoms with Gasteiger partial charge in [0.1, 0.15) is 0 Å². The third-order valence-electron chi connectivity index (χ3n) is 7.62. The molecule has 176 valence electrons. The Morgan fingerprint density at radius 3 is 2.41 bits per heavy atom. The molecule has 1 spiro atoms. The van der Waals surface area contributed by atoms with Gasteiger partial charge in [-0.3, -0.25) is 9.69 Å². The van der Waals surface area contributed by atoms with Gasteiger partial charge in [-0.15, -0.1) is 0 Å². The minimum absolute atomic E-state index is 0.214. The lowest BCUT2D eigenvalue weighted by molar-refractivity contribution is -0.123. The Balaban J connectivity index is 1.25. The summed E-state index contributed by atoms with van der Waals surface area (Å²) in [5, 5.41) is 3.22. The SMILES string of the molecule is COc1cc(CN2CCC3(CC2)C[C@H]3C(=O)NCCC2=CCCCC2)cc(OC)c1OC. The van der Waals surface area contributed by atoms with Crippen molar-refractivity contribution in [2.75, 3.05) is 41.0 Å². The normalized spacial score (nSPS) is 22.2. The molecule has 2 fully saturated rings. The lowest BCUT2D eigenvalue weighted by atomic mass is 9.90. The van der Waals surface area contributed by atoms with Gasteiger partial charge in [-0.1, -0.05) is 11.6 Å². The maximum atomic E-state index is 12.7. The largest absolute Gasteiger partial charge is 0.493 e. The number of ether oxygens (including phenoxy) is 3. The highest BCUT2D eigenvalue weighted by Crippen LogP contribution is 2.59. The molecule has 1 N–H and O–H groups in total. The molecule has 1 aromatic rings. The monoisotopic (exact) mass is 442 g/mol. The number of likely N-dealkylation sites (tertiary alicyclic amines) is 1. The Morgan fingerprint density at radius 2 is 1.81 bits per heavy atom. The molecule has 4 rings (SSSR count). The molecule has 1 aromatic carbocycles. The highest BCUT2D eigenvalue weighted by molar-refractivity contribution is 5.82. The Labute approximate surface area is 192 Å². The number of hydrogen-bond acceptors (Lipinski definition) is 5. The summed E-state index contributed by atoms with van der Waals surface area (Å²) in [4.78, 5) is 15.2. The molecule has 0 radical (unpaired) electrons. The van der Waals surface area contributed by atoms with Gasteiger partial charge in [-0.05, 0) is 87.6 Å². The van der Waals surface area contributed by atoms with Crippen LogP contribution in [0.1, 0.15) is 56.9 Å². The fraction of sp³-hybridized carbons (Fsp3) is 0.654.